The predicted molar refractivity (Wildman–Crippen MR) is 91.2 cm³/mol. The molecule has 2 heterocycles. The zero-order valence-corrected chi connectivity index (χ0v) is 14.7. The molecule has 6 nitrogen and oxygen atoms in total. The van der Waals surface area contributed by atoms with Crippen molar-refractivity contribution in [1.29, 1.82) is 0 Å². The Balaban J connectivity index is 1.53. The van der Waals surface area contributed by atoms with E-state index in [1.54, 1.807) is 11.0 Å². The average Bonchev–Trinajstić information content (AvgIpc) is 3.08. The Morgan fingerprint density at radius 3 is 2.67 bits per heavy atom. The molecule has 1 saturated heterocycles. The minimum Gasteiger partial charge on any atom is -0.452 e. The first-order chi connectivity index (χ1) is 11.4. The molecule has 130 valence electrons. The smallest absolute Gasteiger partial charge is 0.331 e. The fraction of sp³-hybridized carbons (Fsp3) is 0.500. The molecule has 1 amide bonds. The third kappa shape index (κ3) is 4.45. The highest BCUT2D eigenvalue weighted by atomic mass is 32.2. The average molecular weight is 369 g/mol. The first-order valence-electron chi connectivity index (χ1n) is 7.84. The van der Waals surface area contributed by atoms with E-state index in [0.717, 1.165) is 17.7 Å². The Morgan fingerprint density at radius 2 is 2.08 bits per heavy atom. The fourth-order valence-corrected chi connectivity index (χ4v) is 5.17. The van der Waals surface area contributed by atoms with Gasteiger partial charge in [-0.15, -0.1) is 11.3 Å². The lowest BCUT2D eigenvalue weighted by molar-refractivity contribution is -0.149. The summed E-state index contributed by atoms with van der Waals surface area (Å²) in [5.41, 5.74) is 0. The Kier molecular flexibility index (Phi) is 5.05. The number of hydrogen-bond acceptors (Lipinski definition) is 6. The second-order valence-electron chi connectivity index (χ2n) is 6.05. The van der Waals surface area contributed by atoms with E-state index in [0.29, 0.717) is 6.42 Å². The van der Waals surface area contributed by atoms with Crippen molar-refractivity contribution in [1.82, 2.24) is 4.90 Å². The first-order valence-corrected chi connectivity index (χ1v) is 10.5. The molecule has 0 aromatic carbocycles. The van der Waals surface area contributed by atoms with Crippen molar-refractivity contribution >= 4 is 39.1 Å². The highest BCUT2D eigenvalue weighted by Gasteiger charge is 2.42. The van der Waals surface area contributed by atoms with E-state index in [4.69, 9.17) is 4.74 Å². The van der Waals surface area contributed by atoms with Crippen LogP contribution in [0.2, 0.25) is 0 Å². The number of thiophene rings is 1. The van der Waals surface area contributed by atoms with Crippen LogP contribution in [0.25, 0.3) is 6.08 Å². The van der Waals surface area contributed by atoms with E-state index in [2.05, 4.69) is 0 Å². The number of amides is 1. The molecule has 0 spiro atoms. The quantitative estimate of drug-likeness (QED) is 0.560. The number of carbonyl (C=O) groups is 2. The van der Waals surface area contributed by atoms with Gasteiger partial charge in [0.2, 0.25) is 0 Å². The monoisotopic (exact) mass is 369 g/mol. The number of nitrogens with zero attached hydrogens (tertiary/aromatic N) is 1. The molecule has 1 aromatic heterocycles. The van der Waals surface area contributed by atoms with Crippen molar-refractivity contribution in [2.45, 2.75) is 31.3 Å². The molecule has 1 saturated carbocycles. The van der Waals surface area contributed by atoms with Gasteiger partial charge in [0, 0.05) is 23.0 Å². The van der Waals surface area contributed by atoms with E-state index in [1.165, 1.54) is 17.4 Å². The molecular formula is C16H19NO5S2. The van der Waals surface area contributed by atoms with Gasteiger partial charge >= 0.3 is 5.97 Å². The topological polar surface area (TPSA) is 80.8 Å². The molecule has 3 rings (SSSR count). The van der Waals surface area contributed by atoms with Gasteiger partial charge in [-0.25, -0.2) is 13.2 Å². The molecule has 1 aromatic rings. The Hall–Kier alpha value is -1.67. The highest BCUT2D eigenvalue weighted by molar-refractivity contribution is 7.91. The molecule has 1 aliphatic carbocycles. The minimum absolute atomic E-state index is 0.0153. The van der Waals surface area contributed by atoms with Gasteiger partial charge < -0.3 is 9.64 Å². The zero-order chi connectivity index (χ0) is 17.2. The van der Waals surface area contributed by atoms with Gasteiger partial charge in [0.05, 0.1) is 11.5 Å². The van der Waals surface area contributed by atoms with E-state index in [-0.39, 0.29) is 36.1 Å². The largest absolute Gasteiger partial charge is 0.452 e. The normalized spacial score (nSPS) is 22.6. The molecule has 0 bridgehead atoms. The summed E-state index contributed by atoms with van der Waals surface area (Å²) in [6.07, 6.45) is 5.17. The third-order valence-electron chi connectivity index (χ3n) is 4.09. The van der Waals surface area contributed by atoms with Crippen molar-refractivity contribution in [3.63, 3.8) is 0 Å². The van der Waals surface area contributed by atoms with Gasteiger partial charge in [0.1, 0.15) is 0 Å². The maximum absolute atomic E-state index is 12.4. The van der Waals surface area contributed by atoms with Crippen LogP contribution < -0.4 is 0 Å². The fourth-order valence-electron chi connectivity index (χ4n) is 2.84. The predicted octanol–water partition coefficient (Wildman–Crippen LogP) is 1.48. The van der Waals surface area contributed by atoms with Crippen LogP contribution in [0.3, 0.4) is 0 Å². The maximum atomic E-state index is 12.4. The first kappa shape index (κ1) is 17.2. The van der Waals surface area contributed by atoms with Crippen LogP contribution in [-0.2, 0) is 24.2 Å². The summed E-state index contributed by atoms with van der Waals surface area (Å²) in [5.74, 6) is -0.747. The Labute approximate surface area is 145 Å². The molecule has 0 N–H and O–H groups in total. The van der Waals surface area contributed by atoms with Gasteiger partial charge in [-0.05, 0) is 36.8 Å². The Bertz CT molecular complexity index is 735. The van der Waals surface area contributed by atoms with Gasteiger partial charge in [-0.3, -0.25) is 4.79 Å². The minimum atomic E-state index is -3.06. The molecule has 1 atom stereocenters. The summed E-state index contributed by atoms with van der Waals surface area (Å²) in [6, 6.07) is 3.56. The maximum Gasteiger partial charge on any atom is 0.331 e. The molecule has 2 fully saturated rings. The molecule has 2 aliphatic rings. The van der Waals surface area contributed by atoms with Crippen LogP contribution in [0.4, 0.5) is 0 Å². The summed E-state index contributed by atoms with van der Waals surface area (Å²) in [7, 11) is -3.06. The molecule has 24 heavy (non-hydrogen) atoms. The van der Waals surface area contributed by atoms with Crippen LogP contribution >= 0.6 is 11.3 Å². The highest BCUT2D eigenvalue weighted by Crippen LogP contribution is 2.32. The summed E-state index contributed by atoms with van der Waals surface area (Å²) in [4.78, 5) is 26.6. The van der Waals surface area contributed by atoms with Crippen LogP contribution in [0.15, 0.2) is 23.6 Å². The lowest BCUT2D eigenvalue weighted by Crippen LogP contribution is -2.44. The van der Waals surface area contributed by atoms with Crippen LogP contribution in [0.1, 0.15) is 24.1 Å². The lowest BCUT2D eigenvalue weighted by Gasteiger charge is -2.28. The summed E-state index contributed by atoms with van der Waals surface area (Å²) in [6.45, 7) is -0.347. The van der Waals surface area contributed by atoms with Gasteiger partial charge in [-0.1, -0.05) is 6.07 Å². The molecular weight excluding hydrogens is 350 g/mol. The molecule has 8 heteroatoms. The van der Waals surface area contributed by atoms with E-state index in [9.17, 15) is 18.0 Å². The number of ether oxygens (including phenoxy) is 1. The van der Waals surface area contributed by atoms with Crippen molar-refractivity contribution in [3.05, 3.63) is 28.5 Å². The standard InChI is InChI=1S/C16H19NO5S2/c18-15(10-22-16(19)6-5-14-2-1-8-23-14)17(12-3-4-12)13-7-9-24(20,21)11-13/h1-2,5-6,8,12-13H,3-4,7,9-11H2/b6-5+/t13-/m0/s1. The summed E-state index contributed by atoms with van der Waals surface area (Å²) in [5, 5.41) is 1.90. The SMILES string of the molecule is O=C(/C=C/c1cccs1)OCC(=O)N(C1CC1)[C@H]1CCS(=O)(=O)C1. The van der Waals surface area contributed by atoms with Crippen molar-refractivity contribution in [3.8, 4) is 0 Å². The molecule has 0 unspecified atom stereocenters. The van der Waals surface area contributed by atoms with Crippen molar-refractivity contribution in [2.75, 3.05) is 18.1 Å². The number of hydrogen-bond donors (Lipinski definition) is 0. The van der Waals surface area contributed by atoms with Crippen molar-refractivity contribution in [2.24, 2.45) is 0 Å². The lowest BCUT2D eigenvalue weighted by atomic mass is 10.2. The number of esters is 1. The van der Waals surface area contributed by atoms with Crippen LogP contribution in [0.5, 0.6) is 0 Å². The zero-order valence-electron chi connectivity index (χ0n) is 13.1. The second-order valence-corrected chi connectivity index (χ2v) is 9.25. The second kappa shape index (κ2) is 7.06. The number of rotatable bonds is 6. The molecule has 0 radical (unpaired) electrons. The van der Waals surface area contributed by atoms with Gasteiger partial charge in [0.25, 0.3) is 5.91 Å². The van der Waals surface area contributed by atoms with E-state index >= 15 is 0 Å². The van der Waals surface area contributed by atoms with E-state index in [1.807, 2.05) is 17.5 Å². The van der Waals surface area contributed by atoms with Crippen molar-refractivity contribution < 1.29 is 22.7 Å². The molecule has 1 aliphatic heterocycles. The third-order valence-corrected chi connectivity index (χ3v) is 6.68. The number of sulfone groups is 1. The van der Waals surface area contributed by atoms with Crippen LogP contribution in [0, 0.1) is 0 Å². The summed E-state index contributed by atoms with van der Waals surface area (Å²) < 4.78 is 28.3. The summed E-state index contributed by atoms with van der Waals surface area (Å²) >= 11 is 1.50. The number of carbonyl (C=O) groups excluding carboxylic acids is 2. The Morgan fingerprint density at radius 1 is 1.29 bits per heavy atom. The van der Waals surface area contributed by atoms with E-state index < -0.39 is 15.8 Å². The van der Waals surface area contributed by atoms with Gasteiger partial charge in [-0.2, -0.15) is 0 Å². The van der Waals surface area contributed by atoms with Gasteiger partial charge in [0.15, 0.2) is 16.4 Å². The van der Waals surface area contributed by atoms with Crippen LogP contribution in [-0.4, -0.2) is 55.4 Å².